The predicted octanol–water partition coefficient (Wildman–Crippen LogP) is 4.54. The Morgan fingerprint density at radius 1 is 1.03 bits per heavy atom. The molecule has 0 aromatic heterocycles. The van der Waals surface area contributed by atoms with E-state index < -0.39 is 16.0 Å². The summed E-state index contributed by atoms with van der Waals surface area (Å²) in [6.45, 7) is 0. The number of nitrogens with one attached hydrogen (secondary N) is 2. The number of anilines is 1. The molecule has 0 spiro atoms. The minimum Gasteiger partial charge on any atom is -0.387 e. The summed E-state index contributed by atoms with van der Waals surface area (Å²) in [7, 11) is -4.37. The summed E-state index contributed by atoms with van der Waals surface area (Å²) >= 11 is 0. The molecule has 0 heterocycles. The first-order valence-corrected chi connectivity index (χ1v) is 12.1. The predicted molar refractivity (Wildman–Crippen MR) is 116 cm³/mol. The van der Waals surface area contributed by atoms with Gasteiger partial charge in [0.1, 0.15) is 11.6 Å². The van der Waals surface area contributed by atoms with Crippen LogP contribution in [-0.4, -0.2) is 24.9 Å². The van der Waals surface area contributed by atoms with Gasteiger partial charge in [0.15, 0.2) is 0 Å². The highest BCUT2D eigenvalue weighted by Crippen LogP contribution is 2.18. The van der Waals surface area contributed by atoms with E-state index in [1.807, 2.05) is 6.07 Å². The third-order valence-corrected chi connectivity index (χ3v) is 6.17. The number of nitriles is 1. The maximum atomic E-state index is 12.4. The number of carbonyl (C=O) groups excluding carboxylic acids is 1. The van der Waals surface area contributed by atoms with Crippen molar-refractivity contribution in [1.29, 1.82) is 5.26 Å². The Morgan fingerprint density at radius 3 is 2.13 bits per heavy atom. The Bertz CT molecular complexity index is 863. The van der Waals surface area contributed by atoms with E-state index in [4.69, 9.17) is 4.55 Å². The summed E-state index contributed by atoms with van der Waals surface area (Å²) in [4.78, 5) is 12.1. The van der Waals surface area contributed by atoms with Crippen LogP contribution in [0.2, 0.25) is 0 Å². The zero-order chi connectivity index (χ0) is 21.8. The lowest BCUT2D eigenvalue weighted by molar-refractivity contribution is -0.112. The molecule has 1 fully saturated rings. The minimum absolute atomic E-state index is 0.0848. The first-order chi connectivity index (χ1) is 14.4. The molecule has 1 saturated carbocycles. The fourth-order valence-corrected chi connectivity index (χ4v) is 4.14. The molecular weight excluding hydrogens is 402 g/mol. The molecule has 0 saturated heterocycles. The van der Waals surface area contributed by atoms with E-state index in [1.54, 1.807) is 0 Å². The second-order valence-electron chi connectivity index (χ2n) is 7.75. The third kappa shape index (κ3) is 8.56. The average Bonchev–Trinajstić information content (AvgIpc) is 2.69. The maximum absolute atomic E-state index is 12.4. The Hall–Kier alpha value is -2.37. The first kappa shape index (κ1) is 23.9. The highest BCUT2D eigenvalue weighted by molar-refractivity contribution is 7.85. The van der Waals surface area contributed by atoms with E-state index >= 15 is 0 Å². The largest absolute Gasteiger partial charge is 0.387 e. The molecule has 8 heteroatoms. The van der Waals surface area contributed by atoms with E-state index in [1.165, 1.54) is 69.3 Å². The van der Waals surface area contributed by atoms with Gasteiger partial charge >= 0.3 is 0 Å². The minimum atomic E-state index is -4.37. The number of carbonyl (C=O) groups is 1. The van der Waals surface area contributed by atoms with Crippen LogP contribution in [0.5, 0.6) is 0 Å². The molecule has 0 radical (unpaired) electrons. The number of hydrogen-bond acceptors (Lipinski definition) is 5. The lowest BCUT2D eigenvalue weighted by Crippen LogP contribution is -2.26. The van der Waals surface area contributed by atoms with E-state index in [-0.39, 0.29) is 22.2 Å². The van der Waals surface area contributed by atoms with Crippen molar-refractivity contribution in [2.75, 3.05) is 5.32 Å². The zero-order valence-electron chi connectivity index (χ0n) is 17.3. The quantitative estimate of drug-likeness (QED) is 0.356. The molecule has 7 nitrogen and oxygen atoms in total. The molecule has 30 heavy (non-hydrogen) atoms. The van der Waals surface area contributed by atoms with Crippen LogP contribution in [0.15, 0.2) is 40.9 Å². The number of hydrogen-bond donors (Lipinski definition) is 3. The van der Waals surface area contributed by atoms with Gasteiger partial charge in [-0.2, -0.15) is 13.7 Å². The van der Waals surface area contributed by atoms with Crippen molar-refractivity contribution in [2.45, 2.75) is 81.6 Å². The second kappa shape index (κ2) is 12.4. The van der Waals surface area contributed by atoms with Gasteiger partial charge in [-0.05, 0) is 31.0 Å². The van der Waals surface area contributed by atoms with Crippen LogP contribution in [0.1, 0.15) is 70.6 Å². The fraction of sp³-hybridized carbons (Fsp3) is 0.545. The van der Waals surface area contributed by atoms with Crippen molar-refractivity contribution >= 4 is 21.7 Å². The van der Waals surface area contributed by atoms with Crippen LogP contribution in [0.3, 0.4) is 0 Å². The molecular formula is C22H31N3O4S. The average molecular weight is 434 g/mol. The number of benzene rings is 1. The molecule has 3 N–H and O–H groups in total. The molecule has 0 atom stereocenters. The van der Waals surface area contributed by atoms with Crippen molar-refractivity contribution in [2.24, 2.45) is 0 Å². The Balaban J connectivity index is 1.99. The van der Waals surface area contributed by atoms with Gasteiger partial charge in [-0.1, -0.05) is 63.9 Å². The van der Waals surface area contributed by atoms with E-state index in [2.05, 4.69) is 10.6 Å². The number of nitrogens with zero attached hydrogens (tertiary/aromatic N) is 1. The molecule has 0 unspecified atom stereocenters. The van der Waals surface area contributed by atoms with Gasteiger partial charge in [-0.25, -0.2) is 0 Å². The van der Waals surface area contributed by atoms with Crippen LogP contribution in [-0.2, 0) is 14.9 Å². The Kier molecular flexibility index (Phi) is 9.84. The maximum Gasteiger partial charge on any atom is 0.294 e. The molecule has 1 aromatic carbocycles. The van der Waals surface area contributed by atoms with E-state index in [0.29, 0.717) is 0 Å². The van der Waals surface area contributed by atoms with Crippen LogP contribution in [0.4, 0.5) is 5.69 Å². The van der Waals surface area contributed by atoms with Crippen LogP contribution in [0.25, 0.3) is 0 Å². The third-order valence-electron chi connectivity index (χ3n) is 5.32. The van der Waals surface area contributed by atoms with Gasteiger partial charge in [0.2, 0.25) is 0 Å². The molecule has 1 aliphatic carbocycles. The standard InChI is InChI=1S/C22H31N3O4S/c23-16-18(22(26)25-20-13-10-14-21(15-20)30(27,28)29)17-24-19-11-8-6-4-2-1-3-5-7-9-12-19/h10,13-15,17,19,24H,1-9,11-12H2,(H,25,26)(H,27,28,29)/b18-17-. The fourth-order valence-electron chi connectivity index (χ4n) is 3.61. The summed E-state index contributed by atoms with van der Waals surface area (Å²) < 4.78 is 31.6. The summed E-state index contributed by atoms with van der Waals surface area (Å²) in [6, 6.07) is 7.37. The van der Waals surface area contributed by atoms with Crippen molar-refractivity contribution in [3.05, 3.63) is 36.0 Å². The molecule has 0 aliphatic heterocycles. The van der Waals surface area contributed by atoms with Gasteiger partial charge in [0, 0.05) is 17.9 Å². The van der Waals surface area contributed by atoms with Gasteiger partial charge in [0.25, 0.3) is 16.0 Å². The van der Waals surface area contributed by atoms with Gasteiger partial charge in [-0.15, -0.1) is 0 Å². The normalized spacial score (nSPS) is 17.8. The smallest absolute Gasteiger partial charge is 0.294 e. The summed E-state index contributed by atoms with van der Waals surface area (Å²) in [5.41, 5.74) is 0.0978. The van der Waals surface area contributed by atoms with Gasteiger partial charge < -0.3 is 10.6 Å². The van der Waals surface area contributed by atoms with Crippen LogP contribution >= 0.6 is 0 Å². The van der Waals surface area contributed by atoms with Crippen molar-refractivity contribution in [3.63, 3.8) is 0 Å². The van der Waals surface area contributed by atoms with Crippen LogP contribution < -0.4 is 10.6 Å². The second-order valence-corrected chi connectivity index (χ2v) is 9.17. The molecule has 0 bridgehead atoms. The van der Waals surface area contributed by atoms with Crippen molar-refractivity contribution in [3.8, 4) is 6.07 Å². The van der Waals surface area contributed by atoms with Gasteiger partial charge in [0.05, 0.1) is 4.90 Å². The van der Waals surface area contributed by atoms with Crippen molar-refractivity contribution in [1.82, 2.24) is 5.32 Å². The highest BCUT2D eigenvalue weighted by Gasteiger charge is 2.14. The highest BCUT2D eigenvalue weighted by atomic mass is 32.2. The molecule has 1 aliphatic rings. The molecule has 164 valence electrons. The summed E-state index contributed by atoms with van der Waals surface area (Å²) in [5.74, 6) is -0.634. The van der Waals surface area contributed by atoms with Crippen molar-refractivity contribution < 1.29 is 17.8 Å². The first-order valence-electron chi connectivity index (χ1n) is 10.7. The lowest BCUT2D eigenvalue weighted by Gasteiger charge is -2.18. The van der Waals surface area contributed by atoms with Crippen LogP contribution in [0, 0.1) is 11.3 Å². The number of amides is 1. The van der Waals surface area contributed by atoms with E-state index in [9.17, 15) is 18.5 Å². The lowest BCUT2D eigenvalue weighted by atomic mass is 9.98. The molecule has 1 aromatic rings. The Morgan fingerprint density at radius 2 is 1.60 bits per heavy atom. The van der Waals surface area contributed by atoms with E-state index in [0.717, 1.165) is 31.7 Å². The monoisotopic (exact) mass is 433 g/mol. The molecule has 2 rings (SSSR count). The SMILES string of the molecule is N#C/C(=C/NC1CCCCCCCCCCC1)C(=O)Nc1cccc(S(=O)(=O)O)c1. The number of rotatable bonds is 5. The summed E-state index contributed by atoms with van der Waals surface area (Å²) in [5, 5.41) is 15.1. The van der Waals surface area contributed by atoms with Gasteiger partial charge in [-0.3, -0.25) is 9.35 Å². The zero-order valence-corrected chi connectivity index (χ0v) is 18.1. The topological polar surface area (TPSA) is 119 Å². The Labute approximate surface area is 179 Å². The molecule has 1 amide bonds. The summed E-state index contributed by atoms with van der Waals surface area (Å²) in [6.07, 6.45) is 14.6.